The number of carboxylic acid groups (broad SMARTS) is 1. The van der Waals surface area contributed by atoms with E-state index in [1.807, 2.05) is 61.5 Å². The minimum absolute atomic E-state index is 0.268. The third-order valence-corrected chi connectivity index (χ3v) is 3.84. The Hall–Kier alpha value is -2.88. The minimum atomic E-state index is -0.947. The second-order valence-electron chi connectivity index (χ2n) is 5.62. The van der Waals surface area contributed by atoms with Crippen molar-refractivity contribution in [3.05, 3.63) is 77.0 Å². The van der Waals surface area contributed by atoms with Crippen molar-refractivity contribution in [1.29, 1.82) is 0 Å². The molecule has 0 radical (unpaired) electrons. The molecule has 0 atom stereocenters. The molecule has 0 fully saturated rings. The van der Waals surface area contributed by atoms with E-state index < -0.39 is 5.97 Å². The average Bonchev–Trinajstić information content (AvgIpc) is 2.85. The molecule has 1 aromatic heterocycles. The molecule has 2 aromatic carbocycles. The fraction of sp³-hybridized carbons (Fsp3) is 0.158. The number of benzene rings is 2. The number of carbonyl (C=O) groups is 1. The lowest BCUT2D eigenvalue weighted by molar-refractivity contribution is 0.0697. The summed E-state index contributed by atoms with van der Waals surface area (Å²) in [4.78, 5) is 11.7. The molecule has 4 nitrogen and oxygen atoms in total. The van der Waals surface area contributed by atoms with Crippen molar-refractivity contribution in [3.63, 3.8) is 0 Å². The standard InChI is InChI=1S/C19H18N2O2/c1-13-8-10-16(11-9-13)18-17(19(22)23)14(2)20-21(18)12-15-6-4-3-5-7-15/h3-11H,12H2,1-2H3,(H,22,23). The SMILES string of the molecule is Cc1ccc(-c2c(C(=O)O)c(C)nn2Cc2ccccc2)cc1. The molecular formula is C19H18N2O2. The van der Waals surface area contributed by atoms with Crippen LogP contribution >= 0.6 is 0 Å². The smallest absolute Gasteiger partial charge is 0.339 e. The summed E-state index contributed by atoms with van der Waals surface area (Å²) in [6, 6.07) is 17.8. The quantitative estimate of drug-likeness (QED) is 0.795. The molecule has 0 aliphatic carbocycles. The van der Waals surface area contributed by atoms with Gasteiger partial charge in [0.25, 0.3) is 0 Å². The van der Waals surface area contributed by atoms with E-state index in [9.17, 15) is 9.90 Å². The zero-order valence-corrected chi connectivity index (χ0v) is 13.2. The number of hydrogen-bond donors (Lipinski definition) is 1. The molecule has 3 rings (SSSR count). The van der Waals surface area contributed by atoms with E-state index in [-0.39, 0.29) is 5.56 Å². The van der Waals surface area contributed by atoms with Crippen LogP contribution in [0.5, 0.6) is 0 Å². The van der Waals surface area contributed by atoms with Crippen LogP contribution in [0.4, 0.5) is 0 Å². The van der Waals surface area contributed by atoms with Gasteiger partial charge in [-0.1, -0.05) is 60.2 Å². The summed E-state index contributed by atoms with van der Waals surface area (Å²) in [7, 11) is 0. The molecule has 0 aliphatic rings. The van der Waals surface area contributed by atoms with Gasteiger partial charge in [-0.05, 0) is 19.4 Å². The Labute approximate surface area is 135 Å². The normalized spacial score (nSPS) is 10.7. The lowest BCUT2D eigenvalue weighted by Crippen LogP contribution is -2.06. The van der Waals surface area contributed by atoms with E-state index in [2.05, 4.69) is 5.10 Å². The summed E-state index contributed by atoms with van der Waals surface area (Å²) < 4.78 is 1.78. The topological polar surface area (TPSA) is 55.1 Å². The van der Waals surface area contributed by atoms with Gasteiger partial charge in [-0.15, -0.1) is 0 Å². The van der Waals surface area contributed by atoms with Crippen LogP contribution < -0.4 is 0 Å². The number of aromatic nitrogens is 2. The Bertz CT molecular complexity index is 834. The second-order valence-corrected chi connectivity index (χ2v) is 5.62. The molecule has 3 aromatic rings. The first kappa shape index (κ1) is 15.0. The third-order valence-electron chi connectivity index (χ3n) is 3.84. The molecule has 0 unspecified atom stereocenters. The first-order chi connectivity index (χ1) is 11.1. The van der Waals surface area contributed by atoms with Gasteiger partial charge in [0.1, 0.15) is 5.56 Å². The number of hydrogen-bond acceptors (Lipinski definition) is 2. The summed E-state index contributed by atoms with van der Waals surface area (Å²) in [5.74, 6) is -0.947. The molecule has 116 valence electrons. The number of aromatic carboxylic acids is 1. The number of aryl methyl sites for hydroxylation is 2. The Morgan fingerprint density at radius 1 is 1.04 bits per heavy atom. The predicted octanol–water partition coefficient (Wildman–Crippen LogP) is 3.91. The van der Waals surface area contributed by atoms with Gasteiger partial charge in [-0.3, -0.25) is 4.68 Å². The lowest BCUT2D eigenvalue weighted by Gasteiger charge is -2.09. The van der Waals surface area contributed by atoms with Crippen molar-refractivity contribution in [2.24, 2.45) is 0 Å². The molecule has 0 bridgehead atoms. The number of nitrogens with zero attached hydrogens (tertiary/aromatic N) is 2. The zero-order valence-electron chi connectivity index (χ0n) is 13.2. The number of carboxylic acids is 1. The summed E-state index contributed by atoms with van der Waals surface area (Å²) in [6.45, 7) is 4.29. The monoisotopic (exact) mass is 306 g/mol. The van der Waals surface area contributed by atoms with E-state index in [4.69, 9.17) is 0 Å². The lowest BCUT2D eigenvalue weighted by atomic mass is 10.0. The molecule has 0 aliphatic heterocycles. The van der Waals surface area contributed by atoms with Gasteiger partial charge >= 0.3 is 5.97 Å². The van der Waals surface area contributed by atoms with Crippen LogP contribution in [0.25, 0.3) is 11.3 Å². The maximum atomic E-state index is 11.7. The van der Waals surface area contributed by atoms with Crippen molar-refractivity contribution in [2.45, 2.75) is 20.4 Å². The van der Waals surface area contributed by atoms with Crippen LogP contribution in [0.15, 0.2) is 54.6 Å². The fourth-order valence-corrected chi connectivity index (χ4v) is 2.71. The average molecular weight is 306 g/mol. The minimum Gasteiger partial charge on any atom is -0.478 e. The van der Waals surface area contributed by atoms with Crippen molar-refractivity contribution in [1.82, 2.24) is 9.78 Å². The maximum absolute atomic E-state index is 11.7. The molecule has 0 amide bonds. The highest BCUT2D eigenvalue weighted by atomic mass is 16.4. The molecule has 0 spiro atoms. The fourth-order valence-electron chi connectivity index (χ4n) is 2.71. The maximum Gasteiger partial charge on any atom is 0.339 e. The third kappa shape index (κ3) is 3.01. The largest absolute Gasteiger partial charge is 0.478 e. The first-order valence-electron chi connectivity index (χ1n) is 7.48. The highest BCUT2D eigenvalue weighted by Gasteiger charge is 2.22. The van der Waals surface area contributed by atoms with Gasteiger partial charge in [-0.2, -0.15) is 5.10 Å². The Morgan fingerprint density at radius 3 is 2.30 bits per heavy atom. The summed E-state index contributed by atoms with van der Waals surface area (Å²) >= 11 is 0. The van der Waals surface area contributed by atoms with Gasteiger partial charge in [0.05, 0.1) is 17.9 Å². The number of rotatable bonds is 4. The van der Waals surface area contributed by atoms with Gasteiger partial charge in [0, 0.05) is 5.56 Å². The molecular weight excluding hydrogens is 288 g/mol. The van der Waals surface area contributed by atoms with Crippen molar-refractivity contribution in [3.8, 4) is 11.3 Å². The van der Waals surface area contributed by atoms with Crippen LogP contribution in [-0.2, 0) is 6.54 Å². The molecule has 0 saturated carbocycles. The molecule has 1 heterocycles. The van der Waals surface area contributed by atoms with Gasteiger partial charge in [0.15, 0.2) is 0 Å². The summed E-state index contributed by atoms with van der Waals surface area (Å²) in [5.41, 5.74) is 4.54. The van der Waals surface area contributed by atoms with E-state index in [1.165, 1.54) is 0 Å². The van der Waals surface area contributed by atoms with Crippen molar-refractivity contribution < 1.29 is 9.90 Å². The Balaban J connectivity index is 2.14. The molecule has 23 heavy (non-hydrogen) atoms. The van der Waals surface area contributed by atoms with Gasteiger partial charge in [-0.25, -0.2) is 4.79 Å². The molecule has 4 heteroatoms. The van der Waals surface area contributed by atoms with E-state index in [0.717, 1.165) is 16.7 Å². The molecule has 0 saturated heterocycles. The van der Waals surface area contributed by atoms with Gasteiger partial charge < -0.3 is 5.11 Å². The zero-order chi connectivity index (χ0) is 16.4. The first-order valence-corrected chi connectivity index (χ1v) is 7.48. The van der Waals surface area contributed by atoms with Crippen LogP contribution in [0, 0.1) is 13.8 Å². The second kappa shape index (κ2) is 6.08. The Kier molecular flexibility index (Phi) is 3.98. The molecule has 1 N–H and O–H groups in total. The van der Waals surface area contributed by atoms with Crippen LogP contribution in [0.1, 0.15) is 27.2 Å². The highest BCUT2D eigenvalue weighted by Crippen LogP contribution is 2.27. The highest BCUT2D eigenvalue weighted by molar-refractivity contribution is 5.96. The summed E-state index contributed by atoms with van der Waals surface area (Å²) in [5, 5.41) is 14.1. The van der Waals surface area contributed by atoms with Crippen LogP contribution in [0.3, 0.4) is 0 Å². The predicted molar refractivity (Wildman–Crippen MR) is 89.6 cm³/mol. The van der Waals surface area contributed by atoms with Gasteiger partial charge in [0.2, 0.25) is 0 Å². The van der Waals surface area contributed by atoms with E-state index in [1.54, 1.807) is 11.6 Å². The van der Waals surface area contributed by atoms with E-state index in [0.29, 0.717) is 17.9 Å². The van der Waals surface area contributed by atoms with E-state index >= 15 is 0 Å². The van der Waals surface area contributed by atoms with Crippen LogP contribution in [0.2, 0.25) is 0 Å². The van der Waals surface area contributed by atoms with Crippen molar-refractivity contribution in [2.75, 3.05) is 0 Å². The summed E-state index contributed by atoms with van der Waals surface area (Å²) in [6.07, 6.45) is 0. The van der Waals surface area contributed by atoms with Crippen molar-refractivity contribution >= 4 is 5.97 Å². The Morgan fingerprint density at radius 2 is 1.70 bits per heavy atom. The van der Waals surface area contributed by atoms with Crippen LogP contribution in [-0.4, -0.2) is 20.9 Å².